The Labute approximate surface area is 77.6 Å². The van der Waals surface area contributed by atoms with Crippen LogP contribution in [0.2, 0.25) is 0 Å². The predicted molar refractivity (Wildman–Crippen MR) is 39.7 cm³/mol. The molecule has 0 rings (SSSR count). The number of allylic oxidation sites excluding steroid dienone is 2. The minimum absolute atomic E-state index is 0.0986. The van der Waals surface area contributed by atoms with Crippen molar-refractivity contribution < 1.29 is 26.3 Å². The summed E-state index contributed by atoms with van der Waals surface area (Å²) in [7, 11) is 0. The molecule has 0 aromatic rings. The van der Waals surface area contributed by atoms with Gasteiger partial charge < -0.3 is 0 Å². The third kappa shape index (κ3) is 5.88. The highest BCUT2D eigenvalue weighted by molar-refractivity contribution is 5.11. The molecule has 0 spiro atoms. The van der Waals surface area contributed by atoms with Gasteiger partial charge in [-0.15, -0.1) is 0 Å². The molecule has 0 amide bonds. The zero-order chi connectivity index (χ0) is 11.4. The SMILES string of the molecule is CCCC/C(=C/C(F)(F)F)C(F)(F)F. The van der Waals surface area contributed by atoms with Crippen molar-refractivity contribution >= 4 is 0 Å². The highest BCUT2D eigenvalue weighted by Crippen LogP contribution is 2.33. The number of hydrogen-bond acceptors (Lipinski definition) is 0. The fourth-order valence-corrected chi connectivity index (χ4v) is 0.861. The summed E-state index contributed by atoms with van der Waals surface area (Å²) in [4.78, 5) is 0. The van der Waals surface area contributed by atoms with E-state index < -0.39 is 30.4 Å². The largest absolute Gasteiger partial charge is 0.412 e. The normalized spacial score (nSPS) is 14.6. The molecule has 0 saturated carbocycles. The van der Waals surface area contributed by atoms with Crippen molar-refractivity contribution in [1.82, 2.24) is 0 Å². The molecule has 0 bridgehead atoms. The summed E-state index contributed by atoms with van der Waals surface area (Å²) >= 11 is 0. The highest BCUT2D eigenvalue weighted by atomic mass is 19.4. The number of rotatable bonds is 3. The second kappa shape index (κ2) is 4.70. The van der Waals surface area contributed by atoms with Gasteiger partial charge in [0, 0.05) is 11.6 Å². The van der Waals surface area contributed by atoms with Gasteiger partial charge in [0.1, 0.15) is 0 Å². The molecule has 0 N–H and O–H groups in total. The lowest BCUT2D eigenvalue weighted by Crippen LogP contribution is -2.16. The van der Waals surface area contributed by atoms with E-state index in [-0.39, 0.29) is 6.42 Å². The molecule has 0 unspecified atom stereocenters. The maximum atomic E-state index is 12.0. The predicted octanol–water partition coefficient (Wildman–Crippen LogP) is 4.23. The Morgan fingerprint density at radius 2 is 1.57 bits per heavy atom. The molecule has 0 saturated heterocycles. The van der Waals surface area contributed by atoms with E-state index >= 15 is 0 Å². The summed E-state index contributed by atoms with van der Waals surface area (Å²) in [5, 5.41) is 0. The summed E-state index contributed by atoms with van der Waals surface area (Å²) < 4.78 is 71.1. The monoisotopic (exact) mass is 220 g/mol. The van der Waals surface area contributed by atoms with Gasteiger partial charge in [0.2, 0.25) is 0 Å². The second-order valence-electron chi connectivity index (χ2n) is 2.81. The van der Waals surface area contributed by atoms with E-state index in [2.05, 4.69) is 0 Å². The number of alkyl halides is 6. The quantitative estimate of drug-likeness (QED) is 0.493. The molecule has 6 heteroatoms. The summed E-state index contributed by atoms with van der Waals surface area (Å²) in [5.74, 6) is 0. The topological polar surface area (TPSA) is 0 Å². The van der Waals surface area contributed by atoms with Crippen molar-refractivity contribution in [3.63, 3.8) is 0 Å². The zero-order valence-corrected chi connectivity index (χ0v) is 7.47. The van der Waals surface area contributed by atoms with E-state index in [4.69, 9.17) is 0 Å². The first-order valence-corrected chi connectivity index (χ1v) is 4.02. The Bertz CT molecular complexity index is 197. The van der Waals surface area contributed by atoms with E-state index in [0.29, 0.717) is 6.42 Å². The van der Waals surface area contributed by atoms with Gasteiger partial charge in [-0.3, -0.25) is 0 Å². The molecule has 0 nitrogen and oxygen atoms in total. The lowest BCUT2D eigenvalue weighted by molar-refractivity contribution is -0.109. The smallest absolute Gasteiger partial charge is 0.167 e. The lowest BCUT2D eigenvalue weighted by Gasteiger charge is -2.12. The van der Waals surface area contributed by atoms with Crippen molar-refractivity contribution in [1.29, 1.82) is 0 Å². The standard InChI is InChI=1S/C8H10F6/c1-2-3-4-6(8(12,13)14)5-7(9,10)11/h5H,2-4H2,1H3/b6-5-. The Kier molecular flexibility index (Phi) is 4.48. The van der Waals surface area contributed by atoms with Gasteiger partial charge in [-0.05, 0) is 12.8 Å². The zero-order valence-electron chi connectivity index (χ0n) is 7.47. The minimum atomic E-state index is -4.90. The van der Waals surface area contributed by atoms with Crippen LogP contribution in [0.15, 0.2) is 11.6 Å². The van der Waals surface area contributed by atoms with Gasteiger partial charge in [0.15, 0.2) is 0 Å². The van der Waals surface area contributed by atoms with Gasteiger partial charge in [-0.2, -0.15) is 26.3 Å². The van der Waals surface area contributed by atoms with Crippen molar-refractivity contribution in [2.45, 2.75) is 38.5 Å². The van der Waals surface area contributed by atoms with Gasteiger partial charge in [-0.1, -0.05) is 13.3 Å². The van der Waals surface area contributed by atoms with Crippen LogP contribution in [0.4, 0.5) is 26.3 Å². The molecule has 0 aliphatic carbocycles. The van der Waals surface area contributed by atoms with Crippen LogP contribution >= 0.6 is 0 Å². The summed E-state index contributed by atoms with van der Waals surface area (Å²) in [5.41, 5.74) is -1.51. The van der Waals surface area contributed by atoms with Crippen LogP contribution in [0, 0.1) is 0 Å². The maximum Gasteiger partial charge on any atom is 0.412 e. The number of halogens is 6. The molecule has 0 aliphatic heterocycles. The maximum absolute atomic E-state index is 12.0. The number of hydrogen-bond donors (Lipinski definition) is 0. The first-order chi connectivity index (χ1) is 6.17. The van der Waals surface area contributed by atoms with Gasteiger partial charge in [0.25, 0.3) is 0 Å². The van der Waals surface area contributed by atoms with Crippen molar-refractivity contribution in [2.75, 3.05) is 0 Å². The fraction of sp³-hybridized carbons (Fsp3) is 0.750. The van der Waals surface area contributed by atoms with Crippen molar-refractivity contribution in [3.8, 4) is 0 Å². The molecule has 0 heterocycles. The van der Waals surface area contributed by atoms with Gasteiger partial charge in [-0.25, -0.2) is 0 Å². The highest BCUT2D eigenvalue weighted by Gasteiger charge is 2.37. The van der Waals surface area contributed by atoms with Gasteiger partial charge in [0.05, 0.1) is 0 Å². The Balaban J connectivity index is 4.65. The van der Waals surface area contributed by atoms with Crippen LogP contribution in [-0.4, -0.2) is 12.4 Å². The second-order valence-corrected chi connectivity index (χ2v) is 2.81. The molecular weight excluding hydrogens is 210 g/mol. The van der Waals surface area contributed by atoms with E-state index in [9.17, 15) is 26.3 Å². The Hall–Kier alpha value is -0.680. The van der Waals surface area contributed by atoms with Crippen LogP contribution < -0.4 is 0 Å². The van der Waals surface area contributed by atoms with Gasteiger partial charge >= 0.3 is 12.4 Å². The van der Waals surface area contributed by atoms with Crippen LogP contribution in [0.1, 0.15) is 26.2 Å². The first kappa shape index (κ1) is 13.3. The van der Waals surface area contributed by atoms with Crippen LogP contribution in [0.25, 0.3) is 0 Å². The Morgan fingerprint density at radius 3 is 1.86 bits per heavy atom. The summed E-state index contributed by atoms with van der Waals surface area (Å²) in [6, 6.07) is 0. The molecule has 14 heavy (non-hydrogen) atoms. The minimum Gasteiger partial charge on any atom is -0.167 e. The average Bonchev–Trinajstić information content (AvgIpc) is 1.93. The van der Waals surface area contributed by atoms with Crippen molar-refractivity contribution in [3.05, 3.63) is 11.6 Å². The molecule has 0 aromatic heterocycles. The Morgan fingerprint density at radius 1 is 1.07 bits per heavy atom. The van der Waals surface area contributed by atoms with Crippen LogP contribution in [0.3, 0.4) is 0 Å². The van der Waals surface area contributed by atoms with E-state index in [0.717, 1.165) is 0 Å². The molecule has 0 radical (unpaired) electrons. The molecule has 0 aromatic carbocycles. The molecule has 0 atom stereocenters. The van der Waals surface area contributed by atoms with E-state index in [1.165, 1.54) is 0 Å². The molecule has 84 valence electrons. The average molecular weight is 220 g/mol. The molecular formula is C8H10F6. The third-order valence-corrected chi connectivity index (χ3v) is 1.50. The van der Waals surface area contributed by atoms with Crippen LogP contribution in [-0.2, 0) is 0 Å². The van der Waals surface area contributed by atoms with E-state index in [1.807, 2.05) is 0 Å². The third-order valence-electron chi connectivity index (χ3n) is 1.50. The van der Waals surface area contributed by atoms with Crippen molar-refractivity contribution in [2.24, 2.45) is 0 Å². The van der Waals surface area contributed by atoms with E-state index in [1.54, 1.807) is 6.92 Å². The number of unbranched alkanes of at least 4 members (excludes halogenated alkanes) is 1. The fourth-order valence-electron chi connectivity index (χ4n) is 0.861. The first-order valence-electron chi connectivity index (χ1n) is 4.02. The molecule has 0 aliphatic rings. The lowest BCUT2D eigenvalue weighted by atomic mass is 10.1. The van der Waals surface area contributed by atoms with Crippen LogP contribution in [0.5, 0.6) is 0 Å². The summed E-state index contributed by atoms with van der Waals surface area (Å²) in [6.07, 6.45) is -10.5. The molecule has 0 fully saturated rings. The summed E-state index contributed by atoms with van der Waals surface area (Å²) in [6.45, 7) is 1.61.